The highest BCUT2D eigenvalue weighted by Gasteiger charge is 2.12. The van der Waals surface area contributed by atoms with E-state index >= 15 is 0 Å². The van der Waals surface area contributed by atoms with Crippen LogP contribution in [0, 0.1) is 0 Å². The minimum Gasteiger partial charge on any atom is -0.497 e. The van der Waals surface area contributed by atoms with Gasteiger partial charge in [-0.25, -0.2) is 4.98 Å². The molecule has 2 heterocycles. The molecule has 0 radical (unpaired) electrons. The van der Waals surface area contributed by atoms with Gasteiger partial charge in [0.05, 0.1) is 31.6 Å². The van der Waals surface area contributed by atoms with Gasteiger partial charge in [0, 0.05) is 19.2 Å². The average molecular weight is 481 g/mol. The molecule has 3 aromatic carbocycles. The molecule has 0 unspecified atom stereocenters. The van der Waals surface area contributed by atoms with Gasteiger partial charge in [0.2, 0.25) is 5.95 Å². The maximum atomic E-state index is 6.00. The normalized spacial score (nSPS) is 10.9. The second-order valence-corrected chi connectivity index (χ2v) is 8.35. The van der Waals surface area contributed by atoms with Gasteiger partial charge in [-0.1, -0.05) is 30.3 Å². The number of ether oxygens (including phenoxy) is 3. The van der Waals surface area contributed by atoms with Crippen molar-refractivity contribution < 1.29 is 14.2 Å². The Labute approximate surface area is 210 Å². The monoisotopic (exact) mass is 480 g/mol. The van der Waals surface area contributed by atoms with E-state index in [9.17, 15) is 0 Å². The number of rotatable bonds is 9. The Morgan fingerprint density at radius 1 is 0.833 bits per heavy atom. The first-order chi connectivity index (χ1) is 17.6. The molecule has 0 atom stereocenters. The van der Waals surface area contributed by atoms with E-state index in [4.69, 9.17) is 19.2 Å². The Kier molecular flexibility index (Phi) is 6.71. The predicted molar refractivity (Wildman–Crippen MR) is 142 cm³/mol. The number of imidazole rings is 1. The molecule has 0 saturated carbocycles. The smallest absolute Gasteiger partial charge is 0.203 e. The minimum atomic E-state index is 0.694. The number of methoxy groups -OCH3 is 2. The van der Waals surface area contributed by atoms with Crippen LogP contribution in [0.15, 0.2) is 85.1 Å². The SMILES string of the molecule is COc1ccc(OC)c(CCNc2nc3cnc(-c4cccc(Oc5ccccc5)c4)cc3n2C)c1. The van der Waals surface area contributed by atoms with Crippen molar-refractivity contribution >= 4 is 17.0 Å². The lowest BCUT2D eigenvalue weighted by Crippen LogP contribution is -2.09. The van der Waals surface area contributed by atoms with Crippen molar-refractivity contribution in [3.63, 3.8) is 0 Å². The van der Waals surface area contributed by atoms with Crippen molar-refractivity contribution in [2.45, 2.75) is 6.42 Å². The molecular formula is C29H28N4O3. The molecule has 5 rings (SSSR count). The maximum Gasteiger partial charge on any atom is 0.203 e. The van der Waals surface area contributed by atoms with Crippen molar-refractivity contribution in [2.75, 3.05) is 26.1 Å². The van der Waals surface area contributed by atoms with Crippen molar-refractivity contribution in [1.82, 2.24) is 14.5 Å². The van der Waals surface area contributed by atoms with Crippen LogP contribution < -0.4 is 19.5 Å². The zero-order valence-electron chi connectivity index (χ0n) is 20.6. The Morgan fingerprint density at radius 2 is 1.67 bits per heavy atom. The van der Waals surface area contributed by atoms with Crippen LogP contribution in [0.25, 0.3) is 22.3 Å². The fourth-order valence-corrected chi connectivity index (χ4v) is 4.14. The van der Waals surface area contributed by atoms with Crippen LogP contribution in [0.3, 0.4) is 0 Å². The van der Waals surface area contributed by atoms with Crippen molar-refractivity contribution in [2.24, 2.45) is 7.05 Å². The summed E-state index contributed by atoms with van der Waals surface area (Å²) in [5.74, 6) is 4.00. The second-order valence-electron chi connectivity index (χ2n) is 8.35. The Hall–Kier alpha value is -4.52. The number of hydrogen-bond acceptors (Lipinski definition) is 6. The zero-order chi connectivity index (χ0) is 24.9. The van der Waals surface area contributed by atoms with E-state index in [1.807, 2.05) is 90.6 Å². The number of benzene rings is 3. The van der Waals surface area contributed by atoms with Gasteiger partial charge < -0.3 is 24.1 Å². The summed E-state index contributed by atoms with van der Waals surface area (Å²) in [4.78, 5) is 9.40. The van der Waals surface area contributed by atoms with Crippen LogP contribution >= 0.6 is 0 Å². The van der Waals surface area contributed by atoms with Gasteiger partial charge in [0.15, 0.2) is 0 Å². The van der Waals surface area contributed by atoms with Crippen molar-refractivity contribution in [3.05, 3.63) is 90.6 Å². The van der Waals surface area contributed by atoms with E-state index in [0.29, 0.717) is 6.54 Å². The lowest BCUT2D eigenvalue weighted by molar-refractivity contribution is 0.399. The first kappa shape index (κ1) is 23.2. The average Bonchev–Trinajstić information content (AvgIpc) is 3.24. The molecule has 0 fully saturated rings. The summed E-state index contributed by atoms with van der Waals surface area (Å²) < 4.78 is 18.9. The molecule has 7 heteroatoms. The Bertz CT molecular complexity index is 1480. The molecule has 2 aromatic heterocycles. The number of nitrogens with zero attached hydrogens (tertiary/aromatic N) is 3. The third-order valence-electron chi connectivity index (χ3n) is 6.04. The summed E-state index contributed by atoms with van der Waals surface area (Å²) in [6.07, 6.45) is 2.58. The fraction of sp³-hybridized carbons (Fsp3) is 0.172. The van der Waals surface area contributed by atoms with Gasteiger partial charge in [-0.05, 0) is 60.5 Å². The molecule has 1 N–H and O–H groups in total. The number of pyridine rings is 1. The van der Waals surface area contributed by atoms with Crippen LogP contribution in [0.2, 0.25) is 0 Å². The van der Waals surface area contributed by atoms with E-state index in [-0.39, 0.29) is 0 Å². The Morgan fingerprint density at radius 3 is 2.47 bits per heavy atom. The van der Waals surface area contributed by atoms with E-state index in [0.717, 1.165) is 63.2 Å². The second kappa shape index (κ2) is 10.4. The number of fused-ring (bicyclic) bond motifs is 1. The van der Waals surface area contributed by atoms with Gasteiger partial charge in [-0.2, -0.15) is 0 Å². The molecular weight excluding hydrogens is 452 g/mol. The topological polar surface area (TPSA) is 70.4 Å². The van der Waals surface area contributed by atoms with E-state index in [2.05, 4.69) is 16.4 Å². The fourth-order valence-electron chi connectivity index (χ4n) is 4.14. The summed E-state index contributed by atoms with van der Waals surface area (Å²) in [6.45, 7) is 0.694. The highest BCUT2D eigenvalue weighted by atomic mass is 16.5. The lowest BCUT2D eigenvalue weighted by atomic mass is 10.1. The molecule has 182 valence electrons. The van der Waals surface area contributed by atoms with Crippen LogP contribution in [-0.4, -0.2) is 35.3 Å². The van der Waals surface area contributed by atoms with E-state index in [1.54, 1.807) is 14.2 Å². The third kappa shape index (κ3) is 4.95. The third-order valence-corrected chi connectivity index (χ3v) is 6.04. The zero-order valence-corrected chi connectivity index (χ0v) is 20.6. The van der Waals surface area contributed by atoms with E-state index < -0.39 is 0 Å². The van der Waals surface area contributed by atoms with Gasteiger partial charge in [-0.15, -0.1) is 0 Å². The summed E-state index contributed by atoms with van der Waals surface area (Å²) in [7, 11) is 5.35. The number of aryl methyl sites for hydroxylation is 1. The lowest BCUT2D eigenvalue weighted by Gasteiger charge is -2.11. The standard InChI is InChI=1S/C29H28N4O3/c1-33-27-18-25(20-8-7-11-24(16-20)36-22-9-5-4-6-10-22)31-19-26(27)32-29(33)30-15-14-21-17-23(34-2)12-13-28(21)35-3/h4-13,16-19H,14-15H2,1-3H3,(H,30,32). The Balaban J connectivity index is 1.33. The molecule has 0 amide bonds. The molecule has 0 bridgehead atoms. The summed E-state index contributed by atoms with van der Waals surface area (Å²) in [5, 5.41) is 3.44. The van der Waals surface area contributed by atoms with Crippen molar-refractivity contribution in [3.8, 4) is 34.3 Å². The molecule has 0 aliphatic heterocycles. The van der Waals surface area contributed by atoms with Gasteiger partial charge in [0.1, 0.15) is 28.5 Å². The number of para-hydroxylation sites is 1. The number of hydrogen-bond donors (Lipinski definition) is 1. The number of nitrogens with one attached hydrogen (secondary N) is 1. The minimum absolute atomic E-state index is 0.694. The summed E-state index contributed by atoms with van der Waals surface area (Å²) in [5.41, 5.74) is 4.74. The first-order valence-corrected chi connectivity index (χ1v) is 11.7. The van der Waals surface area contributed by atoms with Gasteiger partial charge in [0.25, 0.3) is 0 Å². The quantitative estimate of drug-likeness (QED) is 0.275. The summed E-state index contributed by atoms with van der Waals surface area (Å²) in [6, 6.07) is 25.6. The van der Waals surface area contributed by atoms with Gasteiger partial charge >= 0.3 is 0 Å². The molecule has 0 aliphatic carbocycles. The molecule has 0 aliphatic rings. The maximum absolute atomic E-state index is 6.00. The van der Waals surface area contributed by atoms with E-state index in [1.165, 1.54) is 0 Å². The van der Waals surface area contributed by atoms with Gasteiger partial charge in [-0.3, -0.25) is 4.98 Å². The molecule has 0 saturated heterocycles. The largest absolute Gasteiger partial charge is 0.497 e. The number of anilines is 1. The molecule has 7 nitrogen and oxygen atoms in total. The van der Waals surface area contributed by atoms with Crippen LogP contribution in [-0.2, 0) is 13.5 Å². The summed E-state index contributed by atoms with van der Waals surface area (Å²) >= 11 is 0. The highest BCUT2D eigenvalue weighted by molar-refractivity contribution is 5.82. The van der Waals surface area contributed by atoms with Crippen LogP contribution in [0.5, 0.6) is 23.0 Å². The van der Waals surface area contributed by atoms with Crippen molar-refractivity contribution in [1.29, 1.82) is 0 Å². The predicted octanol–water partition coefficient (Wildman–Crippen LogP) is 6.10. The molecule has 0 spiro atoms. The molecule has 5 aromatic rings. The number of aromatic nitrogens is 3. The van der Waals surface area contributed by atoms with Crippen LogP contribution in [0.1, 0.15) is 5.56 Å². The van der Waals surface area contributed by atoms with Crippen LogP contribution in [0.4, 0.5) is 5.95 Å². The highest BCUT2D eigenvalue weighted by Crippen LogP contribution is 2.29. The molecule has 36 heavy (non-hydrogen) atoms. The first-order valence-electron chi connectivity index (χ1n) is 11.7.